The highest BCUT2D eigenvalue weighted by atomic mass is 35.5. The zero-order valence-electron chi connectivity index (χ0n) is 12.2. The van der Waals surface area contributed by atoms with Crippen molar-refractivity contribution in [3.05, 3.63) is 66.0 Å². The largest absolute Gasteiger partial charge is 0.333 e. The quantitative estimate of drug-likeness (QED) is 0.787. The number of aromatic nitrogens is 1. The van der Waals surface area contributed by atoms with Gasteiger partial charge in [0.1, 0.15) is 5.38 Å². The van der Waals surface area contributed by atoms with Gasteiger partial charge in [0.25, 0.3) is 0 Å². The second-order valence-corrected chi connectivity index (χ2v) is 5.59. The summed E-state index contributed by atoms with van der Waals surface area (Å²) in [5.74, 6) is -0.0940. The third kappa shape index (κ3) is 4.05. The Morgan fingerprint density at radius 1 is 1.14 bits per heavy atom. The van der Waals surface area contributed by atoms with Crippen molar-refractivity contribution in [1.29, 1.82) is 0 Å². The lowest BCUT2D eigenvalue weighted by Crippen LogP contribution is -2.38. The van der Waals surface area contributed by atoms with E-state index in [0.717, 1.165) is 11.3 Å². The minimum Gasteiger partial charge on any atom is -0.333 e. The summed E-state index contributed by atoms with van der Waals surface area (Å²) in [5, 5.41) is -0.669. The number of hydrogen-bond acceptors (Lipinski definition) is 2. The number of halogens is 1. The summed E-state index contributed by atoms with van der Waals surface area (Å²) >= 11 is 6.35. The second-order valence-electron chi connectivity index (χ2n) is 5.15. The van der Waals surface area contributed by atoms with Crippen LogP contribution < -0.4 is 0 Å². The van der Waals surface area contributed by atoms with Gasteiger partial charge in [0.2, 0.25) is 5.91 Å². The van der Waals surface area contributed by atoms with Gasteiger partial charge in [0.15, 0.2) is 0 Å². The molecule has 0 radical (unpaired) electrons. The summed E-state index contributed by atoms with van der Waals surface area (Å²) in [5.41, 5.74) is 1.67. The Kier molecular flexibility index (Phi) is 5.34. The number of nitrogens with zero attached hydrogens (tertiary/aromatic N) is 2. The van der Waals surface area contributed by atoms with Crippen LogP contribution in [-0.4, -0.2) is 21.8 Å². The van der Waals surface area contributed by atoms with Crippen LogP contribution in [0.15, 0.2) is 54.7 Å². The molecule has 0 saturated heterocycles. The summed E-state index contributed by atoms with van der Waals surface area (Å²) in [6.45, 7) is 4.43. The van der Waals surface area contributed by atoms with Crippen LogP contribution in [0.25, 0.3) is 0 Å². The van der Waals surface area contributed by atoms with Crippen LogP contribution in [0.4, 0.5) is 0 Å². The van der Waals surface area contributed by atoms with Gasteiger partial charge in [-0.1, -0.05) is 36.4 Å². The molecule has 0 spiro atoms. The van der Waals surface area contributed by atoms with E-state index in [1.807, 2.05) is 62.4 Å². The number of carbonyl (C=O) groups excluding carboxylic acids is 1. The van der Waals surface area contributed by atoms with Crippen molar-refractivity contribution in [3.8, 4) is 0 Å². The Bertz CT molecular complexity index is 572. The molecule has 0 aliphatic heterocycles. The van der Waals surface area contributed by atoms with E-state index in [4.69, 9.17) is 11.6 Å². The third-order valence-electron chi connectivity index (χ3n) is 3.27. The van der Waals surface area contributed by atoms with Crippen LogP contribution in [0.5, 0.6) is 0 Å². The molecule has 110 valence electrons. The van der Waals surface area contributed by atoms with Crippen molar-refractivity contribution in [3.63, 3.8) is 0 Å². The molecule has 0 saturated carbocycles. The minimum absolute atomic E-state index is 0.0597. The molecular formula is C17H19ClN2O. The monoisotopic (exact) mass is 302 g/mol. The first-order chi connectivity index (χ1) is 10.1. The maximum atomic E-state index is 12.7. The molecule has 1 heterocycles. The van der Waals surface area contributed by atoms with Crippen molar-refractivity contribution < 1.29 is 4.79 Å². The molecular weight excluding hydrogens is 284 g/mol. The first-order valence-corrected chi connectivity index (χ1v) is 7.42. The lowest BCUT2D eigenvalue weighted by molar-refractivity contribution is -0.133. The van der Waals surface area contributed by atoms with Crippen molar-refractivity contribution in [2.24, 2.45) is 0 Å². The molecule has 21 heavy (non-hydrogen) atoms. The molecule has 1 unspecified atom stereocenters. The summed E-state index contributed by atoms with van der Waals surface area (Å²) in [6, 6.07) is 15.2. The van der Waals surface area contributed by atoms with E-state index in [1.165, 1.54) is 0 Å². The molecule has 0 aliphatic carbocycles. The van der Waals surface area contributed by atoms with Crippen molar-refractivity contribution in [2.75, 3.05) is 0 Å². The number of carbonyl (C=O) groups is 1. The van der Waals surface area contributed by atoms with Crippen LogP contribution in [-0.2, 0) is 11.3 Å². The highest BCUT2D eigenvalue weighted by Gasteiger charge is 2.26. The van der Waals surface area contributed by atoms with Crippen molar-refractivity contribution in [2.45, 2.75) is 31.8 Å². The van der Waals surface area contributed by atoms with Gasteiger partial charge in [-0.3, -0.25) is 9.78 Å². The Morgan fingerprint density at radius 3 is 2.38 bits per heavy atom. The molecule has 1 aromatic carbocycles. The Balaban J connectivity index is 2.16. The molecule has 0 fully saturated rings. The third-order valence-corrected chi connectivity index (χ3v) is 3.71. The van der Waals surface area contributed by atoms with E-state index in [0.29, 0.717) is 6.54 Å². The van der Waals surface area contributed by atoms with Gasteiger partial charge in [-0.25, -0.2) is 0 Å². The van der Waals surface area contributed by atoms with Gasteiger partial charge >= 0.3 is 0 Å². The highest BCUT2D eigenvalue weighted by Crippen LogP contribution is 2.24. The van der Waals surface area contributed by atoms with E-state index in [-0.39, 0.29) is 11.9 Å². The topological polar surface area (TPSA) is 33.2 Å². The van der Waals surface area contributed by atoms with Gasteiger partial charge in [-0.05, 0) is 31.5 Å². The molecule has 2 rings (SSSR count). The van der Waals surface area contributed by atoms with Crippen molar-refractivity contribution in [1.82, 2.24) is 9.88 Å². The molecule has 0 N–H and O–H groups in total. The maximum Gasteiger partial charge on any atom is 0.245 e. The molecule has 1 aromatic heterocycles. The fourth-order valence-corrected chi connectivity index (χ4v) is 2.36. The van der Waals surface area contributed by atoms with E-state index in [9.17, 15) is 4.79 Å². The van der Waals surface area contributed by atoms with Crippen molar-refractivity contribution >= 4 is 17.5 Å². The number of amides is 1. The summed E-state index contributed by atoms with van der Waals surface area (Å²) < 4.78 is 0. The van der Waals surface area contributed by atoms with E-state index in [2.05, 4.69) is 4.98 Å². The number of hydrogen-bond donors (Lipinski definition) is 0. The Morgan fingerprint density at radius 2 is 1.81 bits per heavy atom. The van der Waals surface area contributed by atoms with E-state index >= 15 is 0 Å². The van der Waals surface area contributed by atoms with Gasteiger partial charge < -0.3 is 4.90 Å². The normalized spacial score (nSPS) is 12.2. The zero-order valence-corrected chi connectivity index (χ0v) is 13.0. The zero-order chi connectivity index (χ0) is 15.2. The molecule has 1 atom stereocenters. The fraction of sp³-hybridized carbons (Fsp3) is 0.294. The molecule has 0 aliphatic rings. The lowest BCUT2D eigenvalue weighted by atomic mass is 10.1. The molecule has 4 heteroatoms. The summed E-state index contributed by atoms with van der Waals surface area (Å²) in [4.78, 5) is 18.7. The van der Waals surface area contributed by atoms with Gasteiger partial charge in [-0.15, -0.1) is 11.6 Å². The van der Waals surface area contributed by atoms with E-state index < -0.39 is 5.38 Å². The van der Waals surface area contributed by atoms with Crippen LogP contribution >= 0.6 is 11.6 Å². The predicted octanol–water partition coefficient (Wildman–Crippen LogP) is 3.80. The molecule has 2 aromatic rings. The molecule has 0 bridgehead atoms. The average Bonchev–Trinajstić information content (AvgIpc) is 2.53. The van der Waals surface area contributed by atoms with Crippen LogP contribution in [0.2, 0.25) is 0 Å². The SMILES string of the molecule is CC(C)N(Cc1ccccn1)C(=O)C(Cl)c1ccccc1. The fourth-order valence-electron chi connectivity index (χ4n) is 2.09. The standard InChI is InChI=1S/C17H19ClN2O/c1-13(2)20(12-15-10-6-7-11-19-15)17(21)16(18)14-8-4-3-5-9-14/h3-11,13,16H,12H2,1-2H3. The Labute approximate surface area is 130 Å². The minimum atomic E-state index is -0.669. The Hall–Kier alpha value is -1.87. The van der Waals surface area contributed by atoms with E-state index in [1.54, 1.807) is 11.1 Å². The van der Waals surface area contributed by atoms with Crippen LogP contribution in [0, 0.1) is 0 Å². The number of pyridine rings is 1. The first kappa shape index (κ1) is 15.5. The van der Waals surface area contributed by atoms with Gasteiger partial charge in [0.05, 0.1) is 12.2 Å². The average molecular weight is 303 g/mol. The number of rotatable bonds is 5. The first-order valence-electron chi connectivity index (χ1n) is 6.99. The predicted molar refractivity (Wildman–Crippen MR) is 85.0 cm³/mol. The molecule has 1 amide bonds. The number of benzene rings is 1. The van der Waals surface area contributed by atoms with Crippen LogP contribution in [0.3, 0.4) is 0 Å². The van der Waals surface area contributed by atoms with Crippen LogP contribution in [0.1, 0.15) is 30.5 Å². The second kappa shape index (κ2) is 7.23. The van der Waals surface area contributed by atoms with Gasteiger partial charge in [0, 0.05) is 12.2 Å². The van der Waals surface area contributed by atoms with Gasteiger partial charge in [-0.2, -0.15) is 0 Å². The smallest absolute Gasteiger partial charge is 0.245 e. The molecule has 3 nitrogen and oxygen atoms in total. The number of alkyl halides is 1. The summed E-state index contributed by atoms with van der Waals surface area (Å²) in [6.07, 6.45) is 1.73. The highest BCUT2D eigenvalue weighted by molar-refractivity contribution is 6.30. The maximum absolute atomic E-state index is 12.7. The summed E-state index contributed by atoms with van der Waals surface area (Å²) in [7, 11) is 0. The lowest BCUT2D eigenvalue weighted by Gasteiger charge is -2.28.